The number of nitrogens with two attached hydrogens (primary N) is 2. The molecule has 5 heteroatoms. The Balaban J connectivity index is 0. The van der Waals surface area contributed by atoms with Gasteiger partial charge in [-0.1, -0.05) is 13.8 Å². The Morgan fingerprint density at radius 1 is 1.36 bits per heavy atom. The minimum Gasteiger partial charge on any atom is -0.352 e. The molecule has 84 valence electrons. The Morgan fingerprint density at radius 2 is 1.86 bits per heavy atom. The molecule has 0 radical (unpaired) electrons. The van der Waals surface area contributed by atoms with Crippen LogP contribution in [0.5, 0.6) is 0 Å². The van der Waals surface area contributed by atoms with Gasteiger partial charge < -0.3 is 16.8 Å². The van der Waals surface area contributed by atoms with Gasteiger partial charge in [0.25, 0.3) is 0 Å². The van der Waals surface area contributed by atoms with Crippen LogP contribution >= 0.6 is 0 Å². The quantitative estimate of drug-likeness (QED) is 0.563. The first-order valence-electron chi connectivity index (χ1n) is 4.83. The predicted molar refractivity (Wildman–Crippen MR) is 56.8 cm³/mol. The smallest absolute Gasteiger partial charge is 0.312 e. The summed E-state index contributed by atoms with van der Waals surface area (Å²) >= 11 is 0. The van der Waals surface area contributed by atoms with Crippen molar-refractivity contribution in [1.82, 2.24) is 5.32 Å². The highest BCUT2D eigenvalue weighted by Crippen LogP contribution is 1.93. The van der Waals surface area contributed by atoms with E-state index in [1.54, 1.807) is 0 Å². The number of nitrogens with one attached hydrogen (secondary N) is 1. The molecule has 5 nitrogen and oxygen atoms in total. The van der Waals surface area contributed by atoms with Gasteiger partial charge in [-0.2, -0.15) is 0 Å². The molecule has 0 bridgehead atoms. The van der Waals surface area contributed by atoms with Crippen LogP contribution in [0.25, 0.3) is 0 Å². The minimum atomic E-state index is -0.550. The molecule has 0 aliphatic heterocycles. The summed E-state index contributed by atoms with van der Waals surface area (Å²) in [4.78, 5) is 20.8. The molecular weight excluding hydrogens is 182 g/mol. The van der Waals surface area contributed by atoms with Gasteiger partial charge in [-0.05, 0) is 19.8 Å². The van der Waals surface area contributed by atoms with Crippen molar-refractivity contribution in [1.29, 1.82) is 0 Å². The average Bonchev–Trinajstić information content (AvgIpc) is 2.15. The third-order valence-electron chi connectivity index (χ3n) is 1.51. The zero-order valence-electron chi connectivity index (χ0n) is 9.17. The zero-order valence-corrected chi connectivity index (χ0v) is 9.17. The fraction of sp³-hybridized carbons (Fsp3) is 0.778. The lowest BCUT2D eigenvalue weighted by molar-refractivity contribution is -0.118. The molecule has 2 amide bonds. The molecule has 0 heterocycles. The molecule has 0 rings (SSSR count). The van der Waals surface area contributed by atoms with E-state index >= 15 is 0 Å². The van der Waals surface area contributed by atoms with Crippen LogP contribution in [0.3, 0.4) is 0 Å². The van der Waals surface area contributed by atoms with Crippen LogP contribution < -0.4 is 16.8 Å². The molecule has 0 fully saturated rings. The average molecular weight is 203 g/mol. The Kier molecular flexibility index (Phi) is 11.0. The molecule has 0 saturated carbocycles. The zero-order chi connectivity index (χ0) is 11.6. The molecule has 0 aliphatic rings. The van der Waals surface area contributed by atoms with E-state index in [0.29, 0.717) is 19.4 Å². The molecule has 0 aromatic heterocycles. The van der Waals surface area contributed by atoms with Gasteiger partial charge in [0, 0.05) is 6.54 Å². The molecule has 1 atom stereocenters. The van der Waals surface area contributed by atoms with Crippen LogP contribution in [0.2, 0.25) is 0 Å². The van der Waals surface area contributed by atoms with Gasteiger partial charge in [-0.3, -0.25) is 4.79 Å². The highest BCUT2D eigenvalue weighted by atomic mass is 16.2. The molecule has 0 aromatic carbocycles. The van der Waals surface area contributed by atoms with Gasteiger partial charge in [-0.15, -0.1) is 0 Å². The fourth-order valence-electron chi connectivity index (χ4n) is 0.737. The normalized spacial score (nSPS) is 10.9. The molecule has 14 heavy (non-hydrogen) atoms. The Labute approximate surface area is 85.2 Å². The topological polar surface area (TPSA) is 98.2 Å². The molecule has 0 spiro atoms. The monoisotopic (exact) mass is 203 g/mol. The second kappa shape index (κ2) is 9.98. The first-order valence-corrected chi connectivity index (χ1v) is 4.83. The van der Waals surface area contributed by atoms with Crippen molar-refractivity contribution in [2.45, 2.75) is 39.7 Å². The summed E-state index contributed by atoms with van der Waals surface area (Å²) in [5, 5.41) is 2.41. The van der Waals surface area contributed by atoms with E-state index in [1.165, 1.54) is 6.92 Å². The second-order valence-corrected chi connectivity index (χ2v) is 2.65. The largest absolute Gasteiger partial charge is 0.352 e. The number of carbonyl (C=O) groups excluding carboxylic acids is 2. The number of ketones is 1. The number of hydrogen-bond donors (Lipinski definition) is 3. The Bertz CT molecular complexity index is 171. The van der Waals surface area contributed by atoms with Crippen LogP contribution in [-0.4, -0.2) is 24.4 Å². The van der Waals surface area contributed by atoms with Crippen molar-refractivity contribution >= 4 is 11.8 Å². The van der Waals surface area contributed by atoms with Gasteiger partial charge >= 0.3 is 6.03 Å². The maximum absolute atomic E-state index is 10.6. The van der Waals surface area contributed by atoms with E-state index in [9.17, 15) is 9.59 Å². The summed E-state index contributed by atoms with van der Waals surface area (Å²) < 4.78 is 0. The number of rotatable bonds is 5. The van der Waals surface area contributed by atoms with Crippen LogP contribution in [-0.2, 0) is 4.79 Å². The molecule has 1 unspecified atom stereocenters. The van der Waals surface area contributed by atoms with E-state index in [2.05, 4.69) is 5.32 Å². The number of Topliss-reactive ketones (excluding diaryl/α,β-unsaturated/α-hetero) is 1. The lowest BCUT2D eigenvalue weighted by atomic mass is 10.1. The standard InChI is InChI=1S/C7H15N3O2.C2H6/c1-5(11)6(8)3-2-4-10-7(9)12;1-2/h6H,2-4,8H2,1H3,(H3,9,10,12);1-2H3. The van der Waals surface area contributed by atoms with Gasteiger partial charge in [0.15, 0.2) is 0 Å². The summed E-state index contributed by atoms with van der Waals surface area (Å²) in [6.45, 7) is 5.92. The Morgan fingerprint density at radius 3 is 2.21 bits per heavy atom. The van der Waals surface area contributed by atoms with E-state index in [1.807, 2.05) is 13.8 Å². The van der Waals surface area contributed by atoms with Crippen molar-refractivity contribution in [3.05, 3.63) is 0 Å². The summed E-state index contributed by atoms with van der Waals surface area (Å²) in [7, 11) is 0. The highest BCUT2D eigenvalue weighted by Gasteiger charge is 2.06. The van der Waals surface area contributed by atoms with E-state index in [0.717, 1.165) is 0 Å². The lowest BCUT2D eigenvalue weighted by Gasteiger charge is -2.06. The number of urea groups is 1. The lowest BCUT2D eigenvalue weighted by Crippen LogP contribution is -2.33. The Hall–Kier alpha value is -1.10. The van der Waals surface area contributed by atoms with Gasteiger partial charge in [0.1, 0.15) is 5.78 Å². The van der Waals surface area contributed by atoms with Crippen molar-refractivity contribution < 1.29 is 9.59 Å². The van der Waals surface area contributed by atoms with Gasteiger partial charge in [0.2, 0.25) is 0 Å². The van der Waals surface area contributed by atoms with Crippen molar-refractivity contribution in [2.75, 3.05) is 6.54 Å². The van der Waals surface area contributed by atoms with E-state index in [4.69, 9.17) is 11.5 Å². The van der Waals surface area contributed by atoms with Gasteiger partial charge in [0.05, 0.1) is 6.04 Å². The van der Waals surface area contributed by atoms with Crippen molar-refractivity contribution in [3.8, 4) is 0 Å². The molecule has 0 saturated heterocycles. The molecule has 0 aliphatic carbocycles. The van der Waals surface area contributed by atoms with Gasteiger partial charge in [-0.25, -0.2) is 4.79 Å². The van der Waals surface area contributed by atoms with Crippen LogP contribution in [0.1, 0.15) is 33.6 Å². The highest BCUT2D eigenvalue weighted by molar-refractivity contribution is 5.81. The first-order chi connectivity index (χ1) is 6.54. The van der Waals surface area contributed by atoms with Crippen LogP contribution in [0.15, 0.2) is 0 Å². The maximum atomic E-state index is 10.6. The summed E-state index contributed by atoms with van der Waals surface area (Å²) in [5.41, 5.74) is 10.3. The predicted octanol–water partition coefficient (Wildman–Crippen LogP) is 0.377. The van der Waals surface area contributed by atoms with Crippen LogP contribution in [0.4, 0.5) is 4.79 Å². The number of hydrogen-bond acceptors (Lipinski definition) is 3. The minimum absolute atomic E-state index is 0.0333. The fourth-order valence-corrected chi connectivity index (χ4v) is 0.737. The summed E-state index contributed by atoms with van der Waals surface area (Å²) in [6.07, 6.45) is 1.25. The van der Waals surface area contributed by atoms with Crippen molar-refractivity contribution in [3.63, 3.8) is 0 Å². The third-order valence-corrected chi connectivity index (χ3v) is 1.51. The number of amides is 2. The summed E-state index contributed by atoms with van der Waals surface area (Å²) in [5.74, 6) is -0.0333. The van der Waals surface area contributed by atoms with E-state index < -0.39 is 12.1 Å². The van der Waals surface area contributed by atoms with E-state index in [-0.39, 0.29) is 5.78 Å². The molecular formula is C9H21N3O2. The number of primary amides is 1. The summed E-state index contributed by atoms with van der Waals surface area (Å²) in [6, 6.07) is -0.967. The van der Waals surface area contributed by atoms with Crippen molar-refractivity contribution in [2.24, 2.45) is 11.5 Å². The SMILES string of the molecule is CC.CC(=O)C(N)CCCNC(N)=O. The number of carbonyl (C=O) groups is 2. The molecule has 0 aromatic rings. The third kappa shape index (κ3) is 10.9. The first kappa shape index (κ1) is 15.4. The second-order valence-electron chi connectivity index (χ2n) is 2.65. The molecule has 5 N–H and O–H groups in total. The maximum Gasteiger partial charge on any atom is 0.312 e. The van der Waals surface area contributed by atoms with Crippen LogP contribution in [0, 0.1) is 0 Å².